The number of benzene rings is 3. The fraction of sp³-hybridized carbons (Fsp3) is 0.639. The molecule has 1 fully saturated rings. The summed E-state index contributed by atoms with van der Waals surface area (Å²) in [6.45, 7) is 4.25. The molecule has 10 heteroatoms. The third-order valence-corrected chi connectivity index (χ3v) is 13.6. The predicted molar refractivity (Wildman–Crippen MR) is 286 cm³/mol. The van der Waals surface area contributed by atoms with Crippen molar-refractivity contribution in [1.29, 1.82) is 0 Å². The van der Waals surface area contributed by atoms with Gasteiger partial charge in [-0.1, -0.05) is 240 Å². The maximum atomic E-state index is 13.9. The minimum absolute atomic E-state index is 0.130. The Labute approximate surface area is 429 Å². The lowest BCUT2D eigenvalue weighted by molar-refractivity contribution is -0.320. The number of rotatable bonds is 41. The molecule has 7 atom stereocenters. The van der Waals surface area contributed by atoms with Gasteiger partial charge in [-0.15, -0.1) is 0 Å². The number of ether oxygens (including phenoxy) is 5. The van der Waals surface area contributed by atoms with Crippen LogP contribution >= 0.6 is 0 Å². The van der Waals surface area contributed by atoms with Crippen LogP contribution in [0.2, 0.25) is 0 Å². The molecule has 1 heterocycles. The standard InChI is InChI=1S/C61H93NO9/c1-3-5-7-9-11-13-15-17-19-21-23-25-36-44-54(70-60(66)52-42-34-29-35-43-52)53(62-56(64)45-37-26-24-22-20-18-16-14-12-10-8-6-4-2)49-69-61-59(68-48-51-40-32-28-33-41-51)58(57(65)55(46-63)71-61)67-47-50-38-30-27-31-39-50/h27-36,38-44,53-55,57-59,61,63,65H,3-26,37,45-49H2,1-2H3,(H,62,64)/b44-36+/t53-,54+,55+,57-,58-,59+,61-/m0/s1. The van der Waals surface area contributed by atoms with E-state index in [1.54, 1.807) is 24.3 Å². The van der Waals surface area contributed by atoms with Crippen molar-refractivity contribution in [2.45, 2.75) is 237 Å². The molecule has 10 nitrogen and oxygen atoms in total. The molecule has 3 N–H and O–H groups in total. The number of hydrogen-bond acceptors (Lipinski definition) is 9. The largest absolute Gasteiger partial charge is 0.452 e. The number of esters is 1. The Bertz CT molecular complexity index is 1780. The minimum Gasteiger partial charge on any atom is -0.452 e. The van der Waals surface area contributed by atoms with Gasteiger partial charge in [-0.2, -0.15) is 0 Å². The second-order valence-electron chi connectivity index (χ2n) is 19.7. The zero-order valence-electron chi connectivity index (χ0n) is 43.8. The van der Waals surface area contributed by atoms with Crippen molar-refractivity contribution in [1.82, 2.24) is 5.32 Å². The molecule has 3 aromatic rings. The normalized spacial score (nSPS) is 18.9. The lowest BCUT2D eigenvalue weighted by Gasteiger charge is -2.44. The fourth-order valence-electron chi connectivity index (χ4n) is 9.25. The van der Waals surface area contributed by atoms with Gasteiger partial charge < -0.3 is 39.2 Å². The smallest absolute Gasteiger partial charge is 0.338 e. The highest BCUT2D eigenvalue weighted by Crippen LogP contribution is 2.29. The van der Waals surface area contributed by atoms with E-state index < -0.39 is 55.4 Å². The number of unbranched alkanes of at least 4 members (excludes halogenated alkanes) is 23. The van der Waals surface area contributed by atoms with Crippen molar-refractivity contribution < 1.29 is 43.5 Å². The molecule has 1 saturated heterocycles. The van der Waals surface area contributed by atoms with Crippen LogP contribution in [0.3, 0.4) is 0 Å². The van der Waals surface area contributed by atoms with Crippen molar-refractivity contribution >= 4 is 11.9 Å². The van der Waals surface area contributed by atoms with Crippen LogP contribution in [-0.2, 0) is 41.7 Å². The summed E-state index contributed by atoms with van der Waals surface area (Å²) in [6.07, 6.45) is 28.4. The van der Waals surface area contributed by atoms with E-state index in [-0.39, 0.29) is 25.7 Å². The van der Waals surface area contributed by atoms with Crippen molar-refractivity contribution in [3.8, 4) is 0 Å². The maximum Gasteiger partial charge on any atom is 0.338 e. The van der Waals surface area contributed by atoms with E-state index >= 15 is 0 Å². The summed E-state index contributed by atoms with van der Waals surface area (Å²) in [5.41, 5.74) is 2.21. The lowest BCUT2D eigenvalue weighted by Crippen LogP contribution is -2.61. The zero-order chi connectivity index (χ0) is 50.4. The molecule has 3 aromatic carbocycles. The summed E-state index contributed by atoms with van der Waals surface area (Å²) < 4.78 is 32.1. The molecule has 0 aliphatic carbocycles. The number of carbonyl (C=O) groups is 2. The third kappa shape index (κ3) is 25.6. The minimum atomic E-state index is -1.24. The highest BCUT2D eigenvalue weighted by molar-refractivity contribution is 5.89. The van der Waals surface area contributed by atoms with E-state index in [2.05, 4.69) is 25.2 Å². The molecule has 0 aromatic heterocycles. The second kappa shape index (κ2) is 38.7. The Morgan fingerprint density at radius 3 is 1.54 bits per heavy atom. The van der Waals surface area contributed by atoms with Gasteiger partial charge in [0.25, 0.3) is 0 Å². The predicted octanol–water partition coefficient (Wildman–Crippen LogP) is 13.7. The highest BCUT2D eigenvalue weighted by Gasteiger charge is 2.48. The summed E-state index contributed by atoms with van der Waals surface area (Å²) in [5, 5.41) is 25.3. The van der Waals surface area contributed by atoms with Gasteiger partial charge in [0.15, 0.2) is 6.29 Å². The Balaban J connectivity index is 1.48. The van der Waals surface area contributed by atoms with E-state index in [1.165, 1.54) is 122 Å². The van der Waals surface area contributed by atoms with Crippen molar-refractivity contribution in [3.05, 3.63) is 120 Å². The number of amides is 1. The van der Waals surface area contributed by atoms with E-state index in [1.807, 2.05) is 72.8 Å². The molecular formula is C61H93NO9. The van der Waals surface area contributed by atoms with Crippen LogP contribution in [0.15, 0.2) is 103 Å². The Hall–Kier alpha value is -3.90. The van der Waals surface area contributed by atoms with Gasteiger partial charge in [-0.3, -0.25) is 4.79 Å². The second-order valence-corrected chi connectivity index (χ2v) is 19.7. The molecule has 1 aliphatic rings. The van der Waals surface area contributed by atoms with Crippen LogP contribution in [0.25, 0.3) is 0 Å². The van der Waals surface area contributed by atoms with Crippen LogP contribution in [-0.4, -0.2) is 78.2 Å². The fourth-order valence-corrected chi connectivity index (χ4v) is 9.25. The van der Waals surface area contributed by atoms with Crippen LogP contribution in [0.1, 0.15) is 202 Å². The van der Waals surface area contributed by atoms with Crippen molar-refractivity contribution in [3.63, 3.8) is 0 Å². The summed E-state index contributed by atoms with van der Waals surface area (Å²) in [4.78, 5) is 27.7. The van der Waals surface area contributed by atoms with Crippen molar-refractivity contribution in [2.24, 2.45) is 0 Å². The molecule has 0 bridgehead atoms. The van der Waals surface area contributed by atoms with Gasteiger partial charge in [-0.25, -0.2) is 4.79 Å². The third-order valence-electron chi connectivity index (χ3n) is 13.6. The molecule has 1 aliphatic heterocycles. The molecule has 0 radical (unpaired) electrons. The average molecular weight is 984 g/mol. The van der Waals surface area contributed by atoms with Gasteiger partial charge in [0.2, 0.25) is 5.91 Å². The van der Waals surface area contributed by atoms with Crippen LogP contribution in [0, 0.1) is 0 Å². The molecule has 0 saturated carbocycles. The number of hydrogen-bond donors (Lipinski definition) is 3. The van der Waals surface area contributed by atoms with E-state index in [4.69, 9.17) is 23.7 Å². The van der Waals surface area contributed by atoms with E-state index in [9.17, 15) is 19.8 Å². The number of allylic oxidation sites excluding steroid dienone is 1. The highest BCUT2D eigenvalue weighted by atomic mass is 16.7. The number of aliphatic hydroxyl groups excluding tert-OH is 2. The first-order chi connectivity index (χ1) is 34.9. The molecule has 0 spiro atoms. The number of nitrogens with one attached hydrogen (secondary N) is 1. The van der Waals surface area contributed by atoms with E-state index in [0.717, 1.165) is 49.7 Å². The first kappa shape index (κ1) is 59.7. The summed E-state index contributed by atoms with van der Waals surface area (Å²) in [5.74, 6) is -0.670. The van der Waals surface area contributed by atoms with Gasteiger partial charge in [-0.05, 0) is 48.6 Å². The summed E-state index contributed by atoms with van der Waals surface area (Å²) in [6, 6.07) is 27.4. The maximum absolute atomic E-state index is 13.9. The van der Waals surface area contributed by atoms with Gasteiger partial charge in [0.05, 0.1) is 38.0 Å². The Morgan fingerprint density at radius 1 is 0.592 bits per heavy atom. The topological polar surface area (TPSA) is 133 Å². The van der Waals surface area contributed by atoms with Crippen LogP contribution in [0.4, 0.5) is 0 Å². The average Bonchev–Trinajstić information content (AvgIpc) is 3.40. The quantitative estimate of drug-likeness (QED) is 0.0289. The molecule has 0 unspecified atom stereocenters. The Kier molecular flexibility index (Phi) is 32.5. The van der Waals surface area contributed by atoms with E-state index in [0.29, 0.717) is 12.0 Å². The number of carbonyl (C=O) groups excluding carboxylic acids is 2. The summed E-state index contributed by atoms with van der Waals surface area (Å²) >= 11 is 0. The SMILES string of the molecule is CCCCCCCCCCCCC/C=C/[C@@H](OC(=O)c1ccccc1)[C@H](CO[C@H]1O[C@H](CO)[C@H](O)[C@H](OCc2ccccc2)[C@H]1OCc1ccccc1)NC(=O)CCCCCCCCCCCCCCC. The van der Waals surface area contributed by atoms with Gasteiger partial charge >= 0.3 is 5.97 Å². The molecule has 71 heavy (non-hydrogen) atoms. The van der Waals surface area contributed by atoms with Gasteiger partial charge in [0, 0.05) is 6.42 Å². The zero-order valence-corrected chi connectivity index (χ0v) is 43.8. The van der Waals surface area contributed by atoms with Crippen molar-refractivity contribution in [2.75, 3.05) is 13.2 Å². The molecule has 4 rings (SSSR count). The van der Waals surface area contributed by atoms with Crippen LogP contribution in [0.5, 0.6) is 0 Å². The first-order valence-corrected chi connectivity index (χ1v) is 28.0. The molecular weight excluding hydrogens is 891 g/mol. The first-order valence-electron chi connectivity index (χ1n) is 28.0. The summed E-state index contributed by atoms with van der Waals surface area (Å²) in [7, 11) is 0. The Morgan fingerprint density at radius 2 is 1.04 bits per heavy atom. The van der Waals surface area contributed by atoms with Gasteiger partial charge in [0.1, 0.15) is 30.5 Å². The molecule has 396 valence electrons. The monoisotopic (exact) mass is 984 g/mol. The molecule has 1 amide bonds. The van der Waals surface area contributed by atoms with Crippen LogP contribution < -0.4 is 5.32 Å². The lowest BCUT2D eigenvalue weighted by atomic mass is 9.98. The number of aliphatic hydroxyl groups is 2.